The molecule has 62 heavy (non-hydrogen) atoms. The molecule has 2 aliphatic heterocycles. The second-order valence-corrected chi connectivity index (χ2v) is 19.9. The minimum Gasteiger partial charge on any atom is -0.455 e. The Labute approximate surface area is 359 Å². The lowest BCUT2D eigenvalue weighted by Gasteiger charge is -2.46. The Morgan fingerprint density at radius 2 is 1.18 bits per heavy atom. The Morgan fingerprint density at radius 3 is 1.95 bits per heavy atom. The van der Waals surface area contributed by atoms with Gasteiger partial charge in [0.25, 0.3) is 0 Å². The first-order chi connectivity index (χ1) is 30.2. The molecule has 0 unspecified atom stereocenters. The van der Waals surface area contributed by atoms with Crippen molar-refractivity contribution >= 4 is 111 Å². The predicted octanol–water partition coefficient (Wildman–Crippen LogP) is 13.7. The molecule has 0 fully saturated rings. The number of para-hydroxylation sites is 5. The van der Waals surface area contributed by atoms with Crippen LogP contribution in [0, 0.1) is 6.92 Å². The summed E-state index contributed by atoms with van der Waals surface area (Å²) < 4.78 is 12.3. The van der Waals surface area contributed by atoms with E-state index >= 15 is 0 Å². The topological polar surface area (TPSA) is 25.7 Å². The molecule has 0 amide bonds. The van der Waals surface area contributed by atoms with E-state index < -0.39 is 0 Å². The summed E-state index contributed by atoms with van der Waals surface area (Å²) in [6.07, 6.45) is 2.34. The van der Waals surface area contributed by atoms with Crippen LogP contribution >= 0.6 is 0 Å². The fourth-order valence-corrected chi connectivity index (χ4v) is 12.8. The van der Waals surface area contributed by atoms with E-state index in [1.54, 1.807) is 0 Å². The van der Waals surface area contributed by atoms with Gasteiger partial charge in [0.05, 0.1) is 27.6 Å². The third-order valence-corrected chi connectivity index (χ3v) is 15.8. The molecule has 15 rings (SSSR count). The maximum absolute atomic E-state index is 7.20. The molecule has 8 aromatic carbocycles. The molecular formula is C57H42BN3O. The van der Waals surface area contributed by atoms with E-state index in [0.29, 0.717) is 0 Å². The summed E-state index contributed by atoms with van der Waals surface area (Å²) in [6, 6.07) is 53.0. The van der Waals surface area contributed by atoms with Gasteiger partial charge in [0.15, 0.2) is 0 Å². The zero-order chi connectivity index (χ0) is 41.1. The molecule has 6 heterocycles. The van der Waals surface area contributed by atoms with Crippen LogP contribution in [-0.4, -0.2) is 15.8 Å². The van der Waals surface area contributed by atoms with Crippen LogP contribution in [0.4, 0.5) is 11.4 Å². The van der Waals surface area contributed by atoms with Crippen LogP contribution in [0.25, 0.3) is 98.7 Å². The molecule has 12 aromatic rings. The summed E-state index contributed by atoms with van der Waals surface area (Å²) in [7, 11) is 0. The van der Waals surface area contributed by atoms with Gasteiger partial charge in [-0.25, -0.2) is 0 Å². The number of nitrogens with zero attached hydrogens (tertiary/aromatic N) is 3. The first-order valence-corrected chi connectivity index (χ1v) is 22.4. The zero-order valence-electron chi connectivity index (χ0n) is 35.5. The fourth-order valence-electron chi connectivity index (χ4n) is 12.8. The Morgan fingerprint density at radius 1 is 0.548 bits per heavy atom. The first-order valence-electron chi connectivity index (χ1n) is 22.4. The highest BCUT2D eigenvalue weighted by Gasteiger charge is 2.48. The van der Waals surface area contributed by atoms with E-state index in [1.165, 1.54) is 122 Å². The van der Waals surface area contributed by atoms with Gasteiger partial charge in [0, 0.05) is 71.3 Å². The van der Waals surface area contributed by atoms with Crippen molar-refractivity contribution in [2.45, 2.75) is 58.3 Å². The van der Waals surface area contributed by atoms with E-state index in [4.69, 9.17) is 4.42 Å². The van der Waals surface area contributed by atoms with Crippen LogP contribution in [0.3, 0.4) is 0 Å². The molecule has 0 saturated heterocycles. The van der Waals surface area contributed by atoms with Gasteiger partial charge in [-0.15, -0.1) is 0 Å². The fraction of sp³-hybridized carbons (Fsp3) is 0.158. The number of benzene rings is 8. The summed E-state index contributed by atoms with van der Waals surface area (Å²) in [5.41, 5.74) is 21.5. The highest BCUT2D eigenvalue weighted by Crippen LogP contribution is 2.56. The Balaban J connectivity index is 1.22. The van der Waals surface area contributed by atoms with Gasteiger partial charge in [-0.2, -0.15) is 0 Å². The zero-order valence-corrected chi connectivity index (χ0v) is 35.5. The summed E-state index contributed by atoms with van der Waals surface area (Å²) in [5, 5.41) is 10.0. The van der Waals surface area contributed by atoms with E-state index in [9.17, 15) is 0 Å². The lowest BCUT2D eigenvalue weighted by atomic mass is 9.43. The summed E-state index contributed by atoms with van der Waals surface area (Å²) >= 11 is 0. The van der Waals surface area contributed by atoms with Gasteiger partial charge in [-0.05, 0) is 101 Å². The monoisotopic (exact) mass is 795 g/mol. The van der Waals surface area contributed by atoms with Crippen molar-refractivity contribution in [1.82, 2.24) is 8.97 Å². The van der Waals surface area contributed by atoms with E-state index in [1.807, 2.05) is 0 Å². The van der Waals surface area contributed by atoms with Crippen LogP contribution in [-0.2, 0) is 10.8 Å². The average Bonchev–Trinajstić information content (AvgIpc) is 4.03. The van der Waals surface area contributed by atoms with Crippen LogP contribution in [0.1, 0.15) is 57.2 Å². The van der Waals surface area contributed by atoms with E-state index in [-0.39, 0.29) is 17.7 Å². The number of aryl methyl sites for hydroxylation is 1. The van der Waals surface area contributed by atoms with Crippen molar-refractivity contribution in [3.05, 3.63) is 156 Å². The SMILES string of the molecule is Cc1cc2c(cc1N1B3c4c(cc5c(oc6ccccc65)c4-c4cc5c6ccccc6n6c7ccccc7c(c41)c56)-n1c4ccccc4c4cccc3c41)C(C)(C)CCC2(C)C. The maximum Gasteiger partial charge on any atom is 0.333 e. The molecular weight excluding hydrogens is 753 g/mol. The number of hydrogen-bond donors (Lipinski definition) is 0. The molecule has 3 aliphatic rings. The molecule has 294 valence electrons. The van der Waals surface area contributed by atoms with Crippen LogP contribution < -0.4 is 15.7 Å². The Kier molecular flexibility index (Phi) is 5.93. The molecule has 0 atom stereocenters. The third kappa shape index (κ3) is 3.81. The minimum absolute atomic E-state index is 0.0359. The molecule has 0 bridgehead atoms. The van der Waals surface area contributed by atoms with Crippen LogP contribution in [0.15, 0.2) is 144 Å². The molecule has 1 aliphatic carbocycles. The van der Waals surface area contributed by atoms with Crippen molar-refractivity contribution in [3.63, 3.8) is 0 Å². The standard InChI is InChI=1S/C57H42BN3O/c1-31-27-40-41(57(4,5)26-25-56(40,2)3)30-46(31)61-54-39(28-37-33-16-7-11-22-44(33)59-45-23-12-8-18-36(45)50(54)53(37)59)49-51-47(29-38-34-17-9-13-24-48(34)62-55(38)49)60-43-21-10-6-15-32(43)35-19-14-20-42(52(35)60)58(51)61/h6-24,27-30H,25-26H2,1-5H3. The number of anilines is 2. The number of hydrogen-bond acceptors (Lipinski definition) is 2. The van der Waals surface area contributed by atoms with E-state index in [0.717, 1.165) is 28.4 Å². The van der Waals surface area contributed by atoms with Crippen molar-refractivity contribution in [3.8, 4) is 16.8 Å². The lowest BCUT2D eigenvalue weighted by molar-refractivity contribution is 0.332. The van der Waals surface area contributed by atoms with Gasteiger partial charge in [-0.1, -0.05) is 125 Å². The highest BCUT2D eigenvalue weighted by molar-refractivity contribution is 6.94. The molecule has 4 nitrogen and oxygen atoms in total. The second kappa shape index (κ2) is 10.9. The Bertz CT molecular complexity index is 4020. The van der Waals surface area contributed by atoms with Crippen molar-refractivity contribution in [2.24, 2.45) is 0 Å². The van der Waals surface area contributed by atoms with Crippen molar-refractivity contribution in [1.29, 1.82) is 0 Å². The molecule has 0 spiro atoms. The normalized spacial score (nSPS) is 16.2. The van der Waals surface area contributed by atoms with E-state index in [2.05, 4.69) is 188 Å². The van der Waals surface area contributed by atoms with Gasteiger partial charge in [0.2, 0.25) is 0 Å². The molecule has 5 heteroatoms. The van der Waals surface area contributed by atoms with Gasteiger partial charge >= 0.3 is 6.85 Å². The minimum atomic E-state index is -0.138. The maximum atomic E-state index is 7.20. The largest absolute Gasteiger partial charge is 0.455 e. The van der Waals surface area contributed by atoms with Gasteiger partial charge in [-0.3, -0.25) is 0 Å². The van der Waals surface area contributed by atoms with Crippen LogP contribution in [0.2, 0.25) is 0 Å². The summed E-state index contributed by atoms with van der Waals surface area (Å²) in [6.45, 7) is 12.1. The van der Waals surface area contributed by atoms with Gasteiger partial charge in [0.1, 0.15) is 11.2 Å². The molecule has 0 radical (unpaired) electrons. The highest BCUT2D eigenvalue weighted by atomic mass is 16.3. The Hall–Kier alpha value is -6.98. The molecule has 4 aromatic heterocycles. The summed E-state index contributed by atoms with van der Waals surface area (Å²) in [5.74, 6) is 0. The van der Waals surface area contributed by atoms with Crippen molar-refractivity contribution < 1.29 is 4.42 Å². The number of aromatic nitrogens is 2. The molecule has 0 N–H and O–H groups in total. The third-order valence-electron chi connectivity index (χ3n) is 15.8. The summed E-state index contributed by atoms with van der Waals surface area (Å²) in [4.78, 5) is 2.80. The van der Waals surface area contributed by atoms with Crippen molar-refractivity contribution in [2.75, 3.05) is 4.81 Å². The first kappa shape index (κ1) is 33.7. The lowest BCUT2D eigenvalue weighted by Crippen LogP contribution is -2.61. The average molecular weight is 796 g/mol. The number of furan rings is 1. The number of fused-ring (bicyclic) bond motifs is 19. The quantitative estimate of drug-likeness (QED) is 0.155. The smallest absolute Gasteiger partial charge is 0.333 e. The van der Waals surface area contributed by atoms with Crippen LogP contribution in [0.5, 0.6) is 0 Å². The number of rotatable bonds is 1. The predicted molar refractivity (Wildman–Crippen MR) is 262 cm³/mol. The molecule has 0 saturated carbocycles. The van der Waals surface area contributed by atoms with Gasteiger partial charge < -0.3 is 18.2 Å². The second-order valence-electron chi connectivity index (χ2n) is 19.9.